The van der Waals surface area contributed by atoms with Gasteiger partial charge in [-0.25, -0.2) is 4.79 Å². The van der Waals surface area contributed by atoms with Crippen molar-refractivity contribution in [3.8, 4) is 0 Å². The van der Waals surface area contributed by atoms with Crippen LogP contribution < -0.4 is 5.32 Å². The lowest BCUT2D eigenvalue weighted by molar-refractivity contribution is -0.883. The molecule has 0 aromatic carbocycles. The second kappa shape index (κ2) is 4.16. The van der Waals surface area contributed by atoms with Crippen molar-refractivity contribution in [1.29, 1.82) is 0 Å². The molecule has 1 aliphatic rings. The van der Waals surface area contributed by atoms with Crippen LogP contribution >= 0.6 is 0 Å². The number of nitrogens with one attached hydrogen (secondary N) is 1. The lowest BCUT2D eigenvalue weighted by Crippen LogP contribution is -2.69. The summed E-state index contributed by atoms with van der Waals surface area (Å²) >= 11 is 0. The zero-order chi connectivity index (χ0) is 10.2. The van der Waals surface area contributed by atoms with Gasteiger partial charge in [-0.15, -0.1) is 0 Å². The van der Waals surface area contributed by atoms with Gasteiger partial charge in [0.15, 0.2) is 0 Å². The molecule has 2 amide bonds. The molecule has 1 atom stereocenters. The summed E-state index contributed by atoms with van der Waals surface area (Å²) in [5, 5.41) is 12.5. The van der Waals surface area contributed by atoms with Crippen molar-refractivity contribution in [1.82, 2.24) is 10.1 Å². The molecule has 0 aromatic heterocycles. The van der Waals surface area contributed by atoms with E-state index in [1.54, 1.807) is 7.05 Å². The zero-order valence-electron chi connectivity index (χ0n) is 9.06. The molecule has 14 heavy (non-hydrogen) atoms. The number of amides is 2. The minimum Gasteiger partial charge on any atom is -0.870 e. The molecule has 1 heterocycles. The maximum absolute atomic E-state index is 11.1. The number of likely N-dealkylation sites (N-methyl/N-ethyl adjacent to an activating group) is 1. The minimum atomic E-state index is -0.700. The normalized spacial score (nSPS) is 22.9. The van der Waals surface area contributed by atoms with Crippen LogP contribution in [0.2, 0.25) is 0 Å². The number of hydrogen-bond acceptors (Lipinski definition) is 3. The molecule has 1 unspecified atom stereocenters. The summed E-state index contributed by atoms with van der Waals surface area (Å²) in [6.07, 6.45) is 0. The van der Waals surface area contributed by atoms with E-state index < -0.39 is 7.05 Å². The van der Waals surface area contributed by atoms with Gasteiger partial charge in [-0.1, -0.05) is 0 Å². The quantitative estimate of drug-likeness (QED) is 0.404. The highest BCUT2D eigenvalue weighted by atomic mass is 16.2. The Morgan fingerprint density at radius 3 is 2.50 bits per heavy atom. The number of nitrogens with zero attached hydrogens (tertiary/aromatic N) is 2. The standard InChI is InChI=1S/C7H16BN3O2.H2O/c1-10-7(12)9-5-6(8(10)13)11(2,3)4;/h6,13H,5H2,1-4H3;1H2. The van der Waals surface area contributed by atoms with Crippen molar-refractivity contribution < 1.29 is 19.8 Å². The molecule has 0 aromatic rings. The minimum absolute atomic E-state index is 0. The van der Waals surface area contributed by atoms with Crippen LogP contribution in [0.25, 0.3) is 0 Å². The molecule has 0 radical (unpaired) electrons. The van der Waals surface area contributed by atoms with E-state index in [-0.39, 0.29) is 17.4 Å². The van der Waals surface area contributed by atoms with Crippen molar-refractivity contribution in [2.24, 2.45) is 0 Å². The van der Waals surface area contributed by atoms with Gasteiger partial charge in [-0.05, 0) is 0 Å². The number of hydrogen-bond donors (Lipinski definition) is 2. The molecule has 1 saturated heterocycles. The molecule has 1 rings (SSSR count). The Hall–Kier alpha value is -0.785. The van der Waals surface area contributed by atoms with Crippen molar-refractivity contribution in [2.45, 2.75) is 5.94 Å². The van der Waals surface area contributed by atoms with E-state index in [1.165, 1.54) is 4.81 Å². The van der Waals surface area contributed by atoms with Gasteiger partial charge in [0.25, 0.3) is 0 Å². The lowest BCUT2D eigenvalue weighted by Gasteiger charge is -2.40. The van der Waals surface area contributed by atoms with Crippen LogP contribution in [0.4, 0.5) is 4.79 Å². The molecular weight excluding hydrogens is 185 g/mol. The van der Waals surface area contributed by atoms with Gasteiger partial charge in [0, 0.05) is 7.05 Å². The summed E-state index contributed by atoms with van der Waals surface area (Å²) in [4.78, 5) is 12.5. The largest absolute Gasteiger partial charge is 0.870 e. The molecule has 6 nitrogen and oxygen atoms in total. The highest BCUT2D eigenvalue weighted by Crippen LogP contribution is 2.11. The molecule has 0 spiro atoms. The zero-order valence-corrected chi connectivity index (χ0v) is 9.06. The predicted molar refractivity (Wildman–Crippen MR) is 52.9 cm³/mol. The Morgan fingerprint density at radius 2 is 2.07 bits per heavy atom. The topological polar surface area (TPSA) is 82.6 Å². The summed E-state index contributed by atoms with van der Waals surface area (Å²) < 4.78 is 0.631. The molecule has 3 N–H and O–H groups in total. The van der Waals surface area contributed by atoms with Crippen LogP contribution in [0.5, 0.6) is 0 Å². The van der Waals surface area contributed by atoms with Crippen LogP contribution in [0.1, 0.15) is 0 Å². The van der Waals surface area contributed by atoms with E-state index in [1.807, 2.05) is 21.1 Å². The highest BCUT2D eigenvalue weighted by Gasteiger charge is 2.45. The molecule has 0 saturated carbocycles. The monoisotopic (exact) mass is 203 g/mol. The second-order valence-corrected chi connectivity index (χ2v) is 4.39. The molecule has 1 fully saturated rings. The Balaban J connectivity index is 0.00000169. The van der Waals surface area contributed by atoms with Gasteiger partial charge in [0.2, 0.25) is 0 Å². The van der Waals surface area contributed by atoms with Gasteiger partial charge >= 0.3 is 13.1 Å². The molecular formula is C7H18BN3O3. The van der Waals surface area contributed by atoms with Crippen molar-refractivity contribution in [3.05, 3.63) is 0 Å². The summed E-state index contributed by atoms with van der Waals surface area (Å²) in [6.45, 7) is 0.522. The first-order valence-corrected chi connectivity index (χ1v) is 4.34. The van der Waals surface area contributed by atoms with Crippen LogP contribution in [0, 0.1) is 0 Å². The Kier molecular flexibility index (Phi) is 3.93. The smallest absolute Gasteiger partial charge is 0.482 e. The van der Waals surface area contributed by atoms with Crippen molar-refractivity contribution in [3.63, 3.8) is 0 Å². The first-order chi connectivity index (χ1) is 5.84. The summed E-state index contributed by atoms with van der Waals surface area (Å²) in [6, 6.07) is -0.211. The predicted octanol–water partition coefficient (Wildman–Crippen LogP) is -1.44. The number of carbonyl (C=O) groups is 1. The van der Waals surface area contributed by atoms with Crippen LogP contribution in [-0.2, 0) is 0 Å². The first-order valence-electron chi connectivity index (χ1n) is 4.34. The Bertz CT molecular complexity index is 219. The molecule has 0 bridgehead atoms. The fraction of sp³-hybridized carbons (Fsp3) is 0.857. The molecule has 7 heteroatoms. The van der Waals surface area contributed by atoms with Gasteiger partial charge in [-0.2, -0.15) is 0 Å². The number of rotatable bonds is 1. The van der Waals surface area contributed by atoms with E-state index >= 15 is 0 Å². The van der Waals surface area contributed by atoms with E-state index in [2.05, 4.69) is 5.32 Å². The summed E-state index contributed by atoms with van der Waals surface area (Å²) in [5.74, 6) is 0.0164. The Labute approximate surface area is 84.5 Å². The van der Waals surface area contributed by atoms with E-state index in [4.69, 9.17) is 0 Å². The summed E-state index contributed by atoms with van der Waals surface area (Å²) in [5.41, 5.74) is 0. The van der Waals surface area contributed by atoms with Crippen LogP contribution in [0.3, 0.4) is 0 Å². The van der Waals surface area contributed by atoms with Gasteiger partial charge < -0.3 is 25.1 Å². The van der Waals surface area contributed by atoms with Gasteiger partial charge in [0.1, 0.15) is 5.94 Å². The lowest BCUT2D eigenvalue weighted by atomic mass is 9.68. The first kappa shape index (κ1) is 13.2. The number of carbonyl (C=O) groups excluding carboxylic acids is 1. The van der Waals surface area contributed by atoms with Crippen LogP contribution in [-0.4, -0.2) is 73.6 Å². The van der Waals surface area contributed by atoms with Crippen LogP contribution in [0.15, 0.2) is 0 Å². The SMILES string of the molecule is CN1B(O)C([N+](C)(C)C)CNC1=O.[OH-]. The van der Waals surface area contributed by atoms with Gasteiger partial charge in [0.05, 0.1) is 27.7 Å². The number of quaternary nitrogens is 1. The third-order valence-corrected chi connectivity index (χ3v) is 2.52. The van der Waals surface area contributed by atoms with Gasteiger partial charge in [-0.3, -0.25) is 0 Å². The van der Waals surface area contributed by atoms with Crippen molar-refractivity contribution in [2.75, 3.05) is 34.7 Å². The highest BCUT2D eigenvalue weighted by molar-refractivity contribution is 6.52. The average Bonchev–Trinajstić information content (AvgIpc) is 1.98. The van der Waals surface area contributed by atoms with E-state index in [0.29, 0.717) is 11.0 Å². The maximum atomic E-state index is 11.1. The molecule has 1 aliphatic heterocycles. The van der Waals surface area contributed by atoms with E-state index in [0.717, 1.165) is 0 Å². The average molecular weight is 203 g/mol. The third-order valence-electron chi connectivity index (χ3n) is 2.52. The maximum Gasteiger partial charge on any atom is 0.482 e. The Morgan fingerprint density at radius 1 is 1.57 bits per heavy atom. The molecule has 0 aliphatic carbocycles. The number of urea groups is 1. The van der Waals surface area contributed by atoms with E-state index in [9.17, 15) is 9.82 Å². The molecule has 82 valence electrons. The third kappa shape index (κ3) is 2.37. The second-order valence-electron chi connectivity index (χ2n) is 4.39. The fourth-order valence-corrected chi connectivity index (χ4v) is 1.47. The fourth-order valence-electron chi connectivity index (χ4n) is 1.47. The van der Waals surface area contributed by atoms with Crippen molar-refractivity contribution >= 4 is 13.1 Å². The summed E-state index contributed by atoms with van der Waals surface area (Å²) in [7, 11) is 6.90.